The number of nitrogens with zero attached hydrogens (tertiary/aromatic N) is 4. The molecule has 1 saturated heterocycles. The molecule has 0 bridgehead atoms. The standard InChI is InChI=1S/C28H35N5O9.CH4.H2O3.5H2O2/c34-12-23-27(39)28(40)26(38)22(42-23)9-18-6-7-20(30-18)25(37)15-1-4-17(5-2-15)31-24(36)11-33-19(10-29-32-33)14-41-13-16-3-8-21(16)35;;1-3-2;5*1-2/h1-2,4-5,7,10,16,21-23,26-28,34-35,38-40H,3,6,8-9,11-14H2,(H,31,36);1H4;1-2H;5*1-2H. The van der Waals surface area contributed by atoms with Crippen molar-refractivity contribution in [2.45, 2.75) is 82.9 Å². The first-order valence-corrected chi connectivity index (χ1v) is 15.2. The first-order valence-electron chi connectivity index (χ1n) is 15.2. The number of amides is 1. The van der Waals surface area contributed by atoms with E-state index < -0.39 is 37.1 Å². The van der Waals surface area contributed by atoms with Crippen molar-refractivity contribution < 1.29 is 113 Å². The highest BCUT2D eigenvalue weighted by atomic mass is 17.4. The molecule has 0 radical (unpaired) electrons. The van der Waals surface area contributed by atoms with Crippen molar-refractivity contribution in [3.63, 3.8) is 0 Å². The fourth-order valence-corrected chi connectivity index (χ4v) is 5.10. The second-order valence-corrected chi connectivity index (χ2v) is 10.9. The Balaban J connectivity index is -0.00000181. The Hall–Kier alpha value is -3.89. The molecule has 18 N–H and O–H groups in total. The fourth-order valence-electron chi connectivity index (χ4n) is 5.10. The number of carbonyl (C=O) groups excluding carboxylic acids is 2. The number of allylic oxidation sites excluding steroid dienone is 2. The van der Waals surface area contributed by atoms with Gasteiger partial charge >= 0.3 is 0 Å². The number of aliphatic imine (C=N–C) groups is 1. The minimum atomic E-state index is -1.47. The van der Waals surface area contributed by atoms with Crippen LogP contribution in [0.4, 0.5) is 5.69 Å². The molecule has 3 heterocycles. The minimum absolute atomic E-state index is 0. The van der Waals surface area contributed by atoms with Crippen LogP contribution in [-0.4, -0.2) is 171 Å². The summed E-state index contributed by atoms with van der Waals surface area (Å²) >= 11 is 0. The van der Waals surface area contributed by atoms with Gasteiger partial charge in [-0.15, -0.1) is 5.10 Å². The average molecular weight is 822 g/mol. The number of nitrogens with one attached hydrogen (secondary N) is 1. The Morgan fingerprint density at radius 1 is 0.857 bits per heavy atom. The number of rotatable bonds is 12. The summed E-state index contributed by atoms with van der Waals surface area (Å²) in [5, 5.41) is 135. The van der Waals surface area contributed by atoms with E-state index in [-0.39, 0.29) is 56.4 Å². The molecule has 1 aromatic carbocycles. The molecule has 324 valence electrons. The number of Topliss-reactive ketones (excluding diaryl/α,β-unsaturated/α-hetero) is 1. The van der Waals surface area contributed by atoms with E-state index in [1.54, 1.807) is 30.3 Å². The summed E-state index contributed by atoms with van der Waals surface area (Å²) in [5.74, 6) is -0.516. The number of aromatic nitrogens is 3. The fraction of sp³-hybridized carbons (Fsp3) is 0.552. The zero-order valence-electron chi connectivity index (χ0n) is 28.6. The van der Waals surface area contributed by atoms with Crippen molar-refractivity contribution >= 4 is 23.1 Å². The molecule has 2 fully saturated rings. The summed E-state index contributed by atoms with van der Waals surface area (Å²) in [7, 11) is 0. The third kappa shape index (κ3) is 17.9. The molecular formula is C29H51N5O22. The molecule has 1 saturated carbocycles. The van der Waals surface area contributed by atoms with Crippen LogP contribution in [0.3, 0.4) is 0 Å². The molecule has 1 amide bonds. The van der Waals surface area contributed by atoms with Crippen LogP contribution >= 0.6 is 0 Å². The Labute approximate surface area is 316 Å². The van der Waals surface area contributed by atoms with E-state index in [9.17, 15) is 35.1 Å². The van der Waals surface area contributed by atoms with Crippen LogP contribution < -0.4 is 5.32 Å². The molecule has 27 nitrogen and oxygen atoms in total. The number of hydrogen-bond acceptors (Lipinski definition) is 25. The number of ketones is 1. The van der Waals surface area contributed by atoms with Gasteiger partial charge in [0.05, 0.1) is 43.9 Å². The number of benzene rings is 1. The van der Waals surface area contributed by atoms with E-state index in [0.29, 0.717) is 35.7 Å². The lowest BCUT2D eigenvalue weighted by atomic mass is 9.83. The first-order chi connectivity index (χ1) is 26.6. The molecule has 5 rings (SSSR count). The van der Waals surface area contributed by atoms with Gasteiger partial charge in [0, 0.05) is 35.7 Å². The molecule has 2 aromatic rings. The predicted octanol–water partition coefficient (Wildman–Crippen LogP) is 0.0202. The predicted molar refractivity (Wildman–Crippen MR) is 186 cm³/mol. The number of hydrogen-bond donors (Lipinski definition) is 18. The molecule has 0 spiro atoms. The van der Waals surface area contributed by atoms with E-state index >= 15 is 0 Å². The van der Waals surface area contributed by atoms with Crippen molar-refractivity contribution in [2.24, 2.45) is 10.9 Å². The monoisotopic (exact) mass is 821 g/mol. The molecule has 27 heteroatoms. The van der Waals surface area contributed by atoms with E-state index in [0.717, 1.165) is 12.8 Å². The topological polar surface area (TPSA) is 461 Å². The van der Waals surface area contributed by atoms with E-state index in [1.807, 2.05) is 0 Å². The van der Waals surface area contributed by atoms with Gasteiger partial charge in [-0.05, 0) is 43.2 Å². The highest BCUT2D eigenvalue weighted by Gasteiger charge is 2.43. The molecule has 2 aliphatic heterocycles. The first kappa shape index (κ1) is 56.4. The largest absolute Gasteiger partial charge is 0.394 e. The maximum atomic E-state index is 13.0. The van der Waals surface area contributed by atoms with Gasteiger partial charge in [-0.1, -0.05) is 17.7 Å². The van der Waals surface area contributed by atoms with Crippen molar-refractivity contribution in [3.05, 3.63) is 53.5 Å². The van der Waals surface area contributed by atoms with Crippen LogP contribution in [0.2, 0.25) is 0 Å². The molecule has 1 aromatic heterocycles. The third-order valence-corrected chi connectivity index (χ3v) is 7.85. The lowest BCUT2D eigenvalue weighted by molar-refractivity contribution is -0.465. The Bertz CT molecular complexity index is 1360. The van der Waals surface area contributed by atoms with Gasteiger partial charge in [-0.2, -0.15) is 0 Å². The summed E-state index contributed by atoms with van der Waals surface area (Å²) < 4.78 is 12.6. The second kappa shape index (κ2) is 33.3. The van der Waals surface area contributed by atoms with Gasteiger partial charge in [-0.3, -0.25) is 67.2 Å². The van der Waals surface area contributed by atoms with Crippen LogP contribution in [0.25, 0.3) is 0 Å². The van der Waals surface area contributed by atoms with Crippen LogP contribution in [0.15, 0.2) is 47.2 Å². The van der Waals surface area contributed by atoms with Crippen molar-refractivity contribution in [3.8, 4) is 0 Å². The summed E-state index contributed by atoms with van der Waals surface area (Å²) in [6, 6.07) is 6.37. The number of aliphatic hydroxyl groups is 5. The lowest BCUT2D eigenvalue weighted by Gasteiger charge is -2.40. The van der Waals surface area contributed by atoms with Gasteiger partial charge in [0.15, 0.2) is 0 Å². The quantitative estimate of drug-likeness (QED) is 0.0762. The van der Waals surface area contributed by atoms with E-state index in [1.165, 1.54) is 10.9 Å². The Kier molecular flexibility index (Phi) is 33.5. The summed E-state index contributed by atoms with van der Waals surface area (Å²) in [4.78, 5) is 30.0. The Morgan fingerprint density at radius 3 is 1.95 bits per heavy atom. The smallest absolute Gasteiger partial charge is 0.246 e. The molecule has 7 atom stereocenters. The maximum absolute atomic E-state index is 13.0. The molecule has 1 aliphatic carbocycles. The van der Waals surface area contributed by atoms with Crippen molar-refractivity contribution in [1.82, 2.24) is 15.0 Å². The van der Waals surface area contributed by atoms with Gasteiger partial charge in [0.2, 0.25) is 11.7 Å². The highest BCUT2D eigenvalue weighted by molar-refractivity contribution is 6.12. The number of carbonyl (C=O) groups is 2. The van der Waals surface area contributed by atoms with Gasteiger partial charge < -0.3 is 40.3 Å². The van der Waals surface area contributed by atoms with Crippen LogP contribution in [-0.2, 0) is 32.5 Å². The van der Waals surface area contributed by atoms with Crippen LogP contribution in [0, 0.1) is 5.92 Å². The zero-order valence-corrected chi connectivity index (χ0v) is 28.6. The van der Waals surface area contributed by atoms with Crippen LogP contribution in [0.1, 0.15) is 49.2 Å². The van der Waals surface area contributed by atoms with Crippen molar-refractivity contribution in [2.75, 3.05) is 18.5 Å². The van der Waals surface area contributed by atoms with Gasteiger partial charge in [-0.25, -0.2) is 15.2 Å². The lowest BCUT2D eigenvalue weighted by Crippen LogP contribution is -2.58. The second-order valence-electron chi connectivity index (χ2n) is 10.9. The molecule has 56 heavy (non-hydrogen) atoms. The third-order valence-electron chi connectivity index (χ3n) is 7.85. The SMILES string of the molecule is C.O=C(Cn1nncc1COCC1CCC1O)Nc1ccc(C(=O)C2=CCC(CC3OC(CO)C(O)C(O)C3O)=N2)cc1.OO.OO.OO.OO.OO.OOO. The molecule has 3 aliphatic rings. The molecular weight excluding hydrogens is 770 g/mol. The Morgan fingerprint density at radius 2 is 1.43 bits per heavy atom. The van der Waals surface area contributed by atoms with Crippen molar-refractivity contribution in [1.29, 1.82) is 0 Å². The van der Waals surface area contributed by atoms with Gasteiger partial charge in [0.1, 0.15) is 36.7 Å². The normalized spacial score (nSPS) is 22.6. The maximum Gasteiger partial charge on any atom is 0.246 e. The number of anilines is 1. The summed E-state index contributed by atoms with van der Waals surface area (Å²) in [6.07, 6.45) is -1.12. The minimum Gasteiger partial charge on any atom is -0.394 e. The summed E-state index contributed by atoms with van der Waals surface area (Å²) in [5.41, 5.74) is 2.27. The van der Waals surface area contributed by atoms with E-state index in [2.05, 4.69) is 25.7 Å². The number of ether oxygens (including phenoxy) is 2. The van der Waals surface area contributed by atoms with Crippen LogP contribution in [0.5, 0.6) is 0 Å². The zero-order chi connectivity index (χ0) is 42.5. The summed E-state index contributed by atoms with van der Waals surface area (Å²) in [6.45, 7) is 0.0636. The molecule has 7 unspecified atom stereocenters. The average Bonchev–Trinajstić information content (AvgIpc) is 3.89. The highest BCUT2D eigenvalue weighted by Crippen LogP contribution is 2.28. The number of aliphatic hydroxyl groups excluding tert-OH is 5. The van der Waals surface area contributed by atoms with E-state index in [4.69, 9.17) is 72.6 Å². The van der Waals surface area contributed by atoms with Gasteiger partial charge in [0.25, 0.3) is 0 Å².